The van der Waals surface area contributed by atoms with E-state index in [1.807, 2.05) is 0 Å². The van der Waals surface area contributed by atoms with Gasteiger partial charge < -0.3 is 4.42 Å². The summed E-state index contributed by atoms with van der Waals surface area (Å²) in [6.45, 7) is 0. The SMILES string of the molecule is [2H]c1c([2H])c(-c2c3c([2H])c([2H])c([2H])c([2H])c3c(-c3c([2H])c([2H])c4oc5c([2H])c6c([2H])c([2H])c([2H])c([2H])c6c([2H])c5c4c3[2H])c3c([2H])c([2H])c([2H])c([2H])c23)c([2H])c([2H])c1-c1c([2H])c([2H])c2c([2H])c([2H])c3c([2H])c([2H])c([2H])c([2H])c3c2c1[2H]. The van der Waals surface area contributed by atoms with Crippen LogP contribution in [0.1, 0.15) is 41.1 Å². The van der Waals surface area contributed by atoms with Gasteiger partial charge in [-0.2, -0.15) is 0 Å². The van der Waals surface area contributed by atoms with Crippen LogP contribution in [0.15, 0.2) is 186 Å². The molecule has 0 spiro atoms. The third-order valence-corrected chi connectivity index (χ3v) is 8.45. The van der Waals surface area contributed by atoms with E-state index >= 15 is 0 Å². The van der Waals surface area contributed by atoms with Gasteiger partial charge in [0, 0.05) is 10.8 Å². The molecule has 0 aliphatic rings. The summed E-state index contributed by atoms with van der Waals surface area (Å²) in [4.78, 5) is 0. The molecule has 0 fully saturated rings. The van der Waals surface area contributed by atoms with E-state index in [2.05, 4.69) is 0 Å². The van der Waals surface area contributed by atoms with E-state index in [9.17, 15) is 17.8 Å². The number of rotatable bonds is 3. The highest BCUT2D eigenvalue weighted by Crippen LogP contribution is 2.45. The molecule has 0 saturated carbocycles. The van der Waals surface area contributed by atoms with Crippen LogP contribution in [0, 0.1) is 0 Å². The molecule has 10 aromatic carbocycles. The largest absolute Gasteiger partial charge is 0.456 e. The second kappa shape index (κ2) is 10.9. The molecule has 11 rings (SSSR count). The van der Waals surface area contributed by atoms with E-state index < -0.39 is 290 Å². The highest BCUT2D eigenvalue weighted by molar-refractivity contribution is 6.22. The van der Waals surface area contributed by atoms with Gasteiger partial charge in [0.05, 0.1) is 41.1 Å². The number of hydrogen-bond donors (Lipinski definition) is 0. The van der Waals surface area contributed by atoms with Crippen molar-refractivity contribution in [3.05, 3.63) is 181 Å². The maximum Gasteiger partial charge on any atom is 0.136 e. The fourth-order valence-electron chi connectivity index (χ4n) is 6.20. The molecule has 1 aromatic heterocycles. The fourth-order valence-corrected chi connectivity index (χ4v) is 6.20. The fraction of sp³-hybridized carbons (Fsp3) is 0. The van der Waals surface area contributed by atoms with Crippen LogP contribution < -0.4 is 0 Å². The zero-order chi connectivity index (χ0) is 59.6. The molecule has 51 heavy (non-hydrogen) atoms. The molecule has 1 heterocycles. The van der Waals surface area contributed by atoms with Gasteiger partial charge >= 0.3 is 0 Å². The minimum atomic E-state index is -1.14. The predicted octanol–water partition coefficient (Wildman–Crippen LogP) is 14.4. The molecule has 11 aromatic rings. The maximum atomic E-state index is 9.85. The van der Waals surface area contributed by atoms with E-state index in [0.29, 0.717) is 0 Å². The first-order valence-corrected chi connectivity index (χ1v) is 15.2. The number of furan rings is 1. The van der Waals surface area contributed by atoms with Crippen LogP contribution in [0.25, 0.3) is 109 Å². The lowest BCUT2D eigenvalue weighted by Crippen LogP contribution is -1.91. The van der Waals surface area contributed by atoms with E-state index in [1.54, 1.807) is 0 Å². The first kappa shape index (κ1) is 11.7. The Labute approximate surface area is 336 Å². The van der Waals surface area contributed by atoms with E-state index in [4.69, 9.17) is 27.7 Å². The molecule has 0 radical (unpaired) electrons. The minimum absolute atomic E-state index is 0.458. The third kappa shape index (κ3) is 4.35. The average molecular weight is 677 g/mol. The van der Waals surface area contributed by atoms with E-state index in [-0.39, 0.29) is 0 Å². The molecular formula is C50H30O. The summed E-state index contributed by atoms with van der Waals surface area (Å²) in [6, 6.07) is -27.5. The zero-order valence-corrected chi connectivity index (χ0v) is 25.4. The summed E-state index contributed by atoms with van der Waals surface area (Å²) in [5.74, 6) is 0. The quantitative estimate of drug-likeness (QED) is 0.134. The lowest BCUT2D eigenvalue weighted by atomic mass is 9.85. The van der Waals surface area contributed by atoms with Crippen molar-refractivity contribution >= 4 is 75.8 Å². The predicted molar refractivity (Wildman–Crippen MR) is 218 cm³/mol. The first-order valence-electron chi connectivity index (χ1n) is 30.2. The number of fused-ring (bicyclic) bond motifs is 9. The average Bonchev–Trinajstić information content (AvgIpc) is 3.34. The Morgan fingerprint density at radius 3 is 1.41 bits per heavy atom. The molecule has 0 atom stereocenters. The van der Waals surface area contributed by atoms with Gasteiger partial charge in [-0.05, 0) is 117 Å². The summed E-state index contributed by atoms with van der Waals surface area (Å²) in [7, 11) is 0. The Balaban J connectivity index is 1.34. The smallest absolute Gasteiger partial charge is 0.136 e. The molecule has 1 heteroatoms. The van der Waals surface area contributed by atoms with Crippen molar-refractivity contribution in [2.75, 3.05) is 0 Å². The first-order chi connectivity index (χ1) is 37.8. The van der Waals surface area contributed by atoms with Crippen LogP contribution in [0.4, 0.5) is 0 Å². The Kier molecular flexibility index (Phi) is 2.50. The van der Waals surface area contributed by atoms with Crippen molar-refractivity contribution in [3.8, 4) is 33.4 Å². The standard InChI is InChI=1S/C50H30O/c1-2-11-36-30-48-46(28-35(36)10-1)45-29-38(25-26-47(45)51-48)50-42-15-7-5-13-40(42)49(41-14-6-8-16-43(41)50)34-22-17-31(18-23-34)37-24-21-33-20-19-32-9-3-4-12-39(32)44(33)27-37/h1-30H/i1D,2D,3D,4D,5D,6D,7D,8D,9D,10D,11D,12D,13D,14D,15D,16D,17D,18D,19D,20D,21D,22D,23D,24D,25D,26D,27D,28D,29D,30D. The van der Waals surface area contributed by atoms with Crippen molar-refractivity contribution < 1.29 is 45.5 Å². The minimum Gasteiger partial charge on any atom is -0.456 e. The van der Waals surface area contributed by atoms with Gasteiger partial charge in [-0.1, -0.05) is 151 Å². The lowest BCUT2D eigenvalue weighted by molar-refractivity contribution is 0.669. The van der Waals surface area contributed by atoms with Crippen molar-refractivity contribution in [1.82, 2.24) is 0 Å². The highest BCUT2D eigenvalue weighted by Gasteiger charge is 2.18. The zero-order valence-electron chi connectivity index (χ0n) is 55.4. The molecular weight excluding hydrogens is 617 g/mol. The van der Waals surface area contributed by atoms with Crippen LogP contribution in [0.3, 0.4) is 0 Å². The Morgan fingerprint density at radius 2 is 0.725 bits per heavy atom. The summed E-state index contributed by atoms with van der Waals surface area (Å²) in [5, 5.41) is -7.27. The Morgan fingerprint density at radius 1 is 0.275 bits per heavy atom. The molecule has 0 bridgehead atoms. The monoisotopic (exact) mass is 676 g/mol. The summed E-state index contributed by atoms with van der Waals surface area (Å²) in [6.07, 6.45) is 0. The molecule has 0 saturated heterocycles. The van der Waals surface area contributed by atoms with Gasteiger partial charge in [0.1, 0.15) is 11.2 Å². The summed E-state index contributed by atoms with van der Waals surface area (Å²) in [5.41, 5.74) is -6.11. The van der Waals surface area contributed by atoms with Crippen molar-refractivity contribution in [3.63, 3.8) is 0 Å². The second-order valence-electron chi connectivity index (χ2n) is 11.3. The normalized spacial score (nSPS) is 20.2. The molecule has 0 aliphatic heterocycles. The lowest BCUT2D eigenvalue weighted by Gasteiger charge is -2.18. The van der Waals surface area contributed by atoms with Crippen LogP contribution in [-0.4, -0.2) is 0 Å². The van der Waals surface area contributed by atoms with Crippen LogP contribution >= 0.6 is 0 Å². The third-order valence-electron chi connectivity index (χ3n) is 8.45. The van der Waals surface area contributed by atoms with Gasteiger partial charge in [0.2, 0.25) is 0 Å². The molecule has 0 unspecified atom stereocenters. The summed E-state index contributed by atoms with van der Waals surface area (Å²) >= 11 is 0. The van der Waals surface area contributed by atoms with Gasteiger partial charge in [0.25, 0.3) is 0 Å². The molecule has 1 nitrogen and oxygen atoms in total. The van der Waals surface area contributed by atoms with E-state index in [0.717, 1.165) is 0 Å². The van der Waals surface area contributed by atoms with Gasteiger partial charge in [-0.3, -0.25) is 0 Å². The maximum absolute atomic E-state index is 9.85. The molecule has 0 amide bonds. The second-order valence-corrected chi connectivity index (χ2v) is 11.3. The topological polar surface area (TPSA) is 13.1 Å². The van der Waals surface area contributed by atoms with Crippen molar-refractivity contribution in [2.45, 2.75) is 0 Å². The van der Waals surface area contributed by atoms with Gasteiger partial charge in [0.15, 0.2) is 0 Å². The van der Waals surface area contributed by atoms with Crippen LogP contribution in [-0.2, 0) is 0 Å². The molecule has 0 N–H and O–H groups in total. The Hall–Kier alpha value is -6.70. The van der Waals surface area contributed by atoms with E-state index in [1.165, 1.54) is 0 Å². The van der Waals surface area contributed by atoms with Gasteiger partial charge in [-0.25, -0.2) is 0 Å². The Bertz CT molecular complexity index is 4820. The highest BCUT2D eigenvalue weighted by atomic mass is 16.3. The van der Waals surface area contributed by atoms with Crippen LogP contribution in [0.5, 0.6) is 0 Å². The van der Waals surface area contributed by atoms with Crippen molar-refractivity contribution in [1.29, 1.82) is 0 Å². The molecule has 236 valence electrons. The number of hydrogen-bond acceptors (Lipinski definition) is 1. The number of benzene rings is 10. The summed E-state index contributed by atoms with van der Waals surface area (Å²) < 4.78 is 278. The van der Waals surface area contributed by atoms with Gasteiger partial charge in [-0.15, -0.1) is 0 Å². The van der Waals surface area contributed by atoms with Crippen LogP contribution in [0.2, 0.25) is 0 Å². The van der Waals surface area contributed by atoms with Crippen molar-refractivity contribution in [2.24, 2.45) is 0 Å². The molecule has 0 aliphatic carbocycles.